The topological polar surface area (TPSA) is 52.4 Å². The minimum atomic E-state index is -0.455. The molecule has 0 aliphatic carbocycles. The van der Waals surface area contributed by atoms with E-state index in [-0.39, 0.29) is 10.7 Å². The predicted molar refractivity (Wildman–Crippen MR) is 64.0 cm³/mol. The van der Waals surface area contributed by atoms with Gasteiger partial charge in [-0.2, -0.15) is 0 Å². The highest BCUT2D eigenvalue weighted by Gasteiger charge is 2.19. The standard InChI is InChI=1S/C10H10ClNO3S/c11-9-2-1-7(3-10(9)12(13)14)6-16-8-4-15-5-8/h1-3,8H,4-6H2. The summed E-state index contributed by atoms with van der Waals surface area (Å²) in [7, 11) is 0. The molecule has 0 bridgehead atoms. The molecule has 86 valence electrons. The van der Waals surface area contributed by atoms with E-state index in [1.165, 1.54) is 6.07 Å². The van der Waals surface area contributed by atoms with E-state index >= 15 is 0 Å². The molecule has 16 heavy (non-hydrogen) atoms. The summed E-state index contributed by atoms with van der Waals surface area (Å²) in [5.41, 5.74) is 0.901. The van der Waals surface area contributed by atoms with Gasteiger partial charge in [0.2, 0.25) is 0 Å². The molecule has 1 aromatic carbocycles. The molecule has 0 amide bonds. The number of benzene rings is 1. The van der Waals surface area contributed by atoms with Gasteiger partial charge in [-0.15, -0.1) is 11.8 Å². The Morgan fingerprint density at radius 3 is 2.88 bits per heavy atom. The molecule has 1 aliphatic heterocycles. The largest absolute Gasteiger partial charge is 0.379 e. The molecular formula is C10H10ClNO3S. The van der Waals surface area contributed by atoms with Crippen molar-refractivity contribution in [2.45, 2.75) is 11.0 Å². The molecule has 0 aromatic heterocycles. The molecule has 1 aliphatic rings. The van der Waals surface area contributed by atoms with Crippen molar-refractivity contribution < 1.29 is 9.66 Å². The zero-order valence-electron chi connectivity index (χ0n) is 8.39. The Morgan fingerprint density at radius 2 is 2.31 bits per heavy atom. The van der Waals surface area contributed by atoms with Crippen LogP contribution in [0.1, 0.15) is 5.56 Å². The van der Waals surface area contributed by atoms with Crippen molar-refractivity contribution >= 4 is 29.1 Å². The summed E-state index contributed by atoms with van der Waals surface area (Å²) in [6, 6.07) is 4.93. The van der Waals surface area contributed by atoms with E-state index in [2.05, 4.69) is 0 Å². The van der Waals surface area contributed by atoms with Gasteiger partial charge in [0.25, 0.3) is 5.69 Å². The molecule has 0 N–H and O–H groups in total. The van der Waals surface area contributed by atoms with Gasteiger partial charge < -0.3 is 4.74 Å². The fraction of sp³-hybridized carbons (Fsp3) is 0.400. The minimum Gasteiger partial charge on any atom is -0.379 e. The average Bonchev–Trinajstić information content (AvgIpc) is 2.17. The molecule has 0 unspecified atom stereocenters. The first-order valence-electron chi connectivity index (χ1n) is 4.79. The van der Waals surface area contributed by atoms with E-state index in [1.54, 1.807) is 17.8 Å². The Morgan fingerprint density at radius 1 is 1.56 bits per heavy atom. The quantitative estimate of drug-likeness (QED) is 0.616. The fourth-order valence-corrected chi connectivity index (χ4v) is 2.49. The van der Waals surface area contributed by atoms with Crippen LogP contribution in [0.4, 0.5) is 5.69 Å². The Balaban J connectivity index is 2.03. The zero-order chi connectivity index (χ0) is 11.5. The molecule has 0 saturated carbocycles. The van der Waals surface area contributed by atoms with Crippen LogP contribution in [0.3, 0.4) is 0 Å². The van der Waals surface area contributed by atoms with Crippen LogP contribution in [0.2, 0.25) is 5.02 Å². The number of hydrogen-bond donors (Lipinski definition) is 0. The summed E-state index contributed by atoms with van der Waals surface area (Å²) in [6.07, 6.45) is 0. The third-order valence-electron chi connectivity index (χ3n) is 2.30. The second-order valence-corrected chi connectivity index (χ2v) is 5.21. The first-order valence-corrected chi connectivity index (χ1v) is 6.21. The van der Waals surface area contributed by atoms with Crippen LogP contribution in [-0.4, -0.2) is 23.4 Å². The van der Waals surface area contributed by atoms with Crippen LogP contribution in [0.15, 0.2) is 18.2 Å². The highest BCUT2D eigenvalue weighted by atomic mass is 35.5. The smallest absolute Gasteiger partial charge is 0.288 e. The number of rotatable bonds is 4. The van der Waals surface area contributed by atoms with E-state index in [1.807, 2.05) is 6.07 Å². The lowest BCUT2D eigenvalue weighted by Crippen LogP contribution is -2.30. The molecule has 2 rings (SSSR count). The van der Waals surface area contributed by atoms with Crippen molar-refractivity contribution in [2.75, 3.05) is 13.2 Å². The molecule has 0 radical (unpaired) electrons. The van der Waals surface area contributed by atoms with Crippen molar-refractivity contribution in [1.82, 2.24) is 0 Å². The first-order chi connectivity index (χ1) is 7.66. The summed E-state index contributed by atoms with van der Waals surface area (Å²) >= 11 is 7.48. The van der Waals surface area contributed by atoms with Crippen LogP contribution >= 0.6 is 23.4 Å². The van der Waals surface area contributed by atoms with E-state index in [4.69, 9.17) is 16.3 Å². The number of nitro benzene ring substituents is 1. The number of hydrogen-bond acceptors (Lipinski definition) is 4. The van der Waals surface area contributed by atoms with Crippen LogP contribution < -0.4 is 0 Å². The van der Waals surface area contributed by atoms with Crippen molar-refractivity contribution in [3.63, 3.8) is 0 Å². The molecule has 6 heteroatoms. The highest BCUT2D eigenvalue weighted by Crippen LogP contribution is 2.29. The molecular weight excluding hydrogens is 250 g/mol. The zero-order valence-corrected chi connectivity index (χ0v) is 9.96. The molecule has 0 atom stereocenters. The SMILES string of the molecule is O=[N+]([O-])c1cc(CSC2COC2)ccc1Cl. The van der Waals surface area contributed by atoms with Gasteiger partial charge in [0.15, 0.2) is 0 Å². The summed E-state index contributed by atoms with van der Waals surface area (Å²) < 4.78 is 5.05. The third kappa shape index (κ3) is 2.66. The van der Waals surface area contributed by atoms with Crippen LogP contribution in [-0.2, 0) is 10.5 Å². The second-order valence-electron chi connectivity index (χ2n) is 3.51. The van der Waals surface area contributed by atoms with E-state index < -0.39 is 4.92 Å². The van der Waals surface area contributed by atoms with Gasteiger partial charge in [-0.25, -0.2) is 0 Å². The number of nitro groups is 1. The van der Waals surface area contributed by atoms with Crippen LogP contribution in [0, 0.1) is 10.1 Å². The summed E-state index contributed by atoms with van der Waals surface area (Å²) in [6.45, 7) is 1.56. The lowest BCUT2D eigenvalue weighted by atomic mass is 10.2. The van der Waals surface area contributed by atoms with Gasteiger partial charge in [0.1, 0.15) is 5.02 Å². The van der Waals surface area contributed by atoms with E-state index in [0.29, 0.717) is 5.25 Å². The molecule has 1 heterocycles. The van der Waals surface area contributed by atoms with Crippen LogP contribution in [0.25, 0.3) is 0 Å². The normalized spacial score (nSPS) is 15.8. The highest BCUT2D eigenvalue weighted by molar-refractivity contribution is 7.99. The number of halogens is 1. The van der Waals surface area contributed by atoms with Gasteiger partial charge in [0.05, 0.1) is 23.4 Å². The maximum absolute atomic E-state index is 10.7. The number of thioether (sulfide) groups is 1. The second kappa shape index (κ2) is 5.03. The maximum Gasteiger partial charge on any atom is 0.288 e. The average molecular weight is 260 g/mol. The summed E-state index contributed by atoms with van der Waals surface area (Å²) in [5, 5.41) is 11.4. The van der Waals surface area contributed by atoms with Gasteiger partial charge >= 0.3 is 0 Å². The Bertz CT molecular complexity index is 409. The molecule has 1 fully saturated rings. The fourth-order valence-electron chi connectivity index (χ4n) is 1.31. The van der Waals surface area contributed by atoms with Gasteiger partial charge in [-0.1, -0.05) is 17.7 Å². The van der Waals surface area contributed by atoms with Crippen molar-refractivity contribution in [2.24, 2.45) is 0 Å². The monoisotopic (exact) mass is 259 g/mol. The molecule has 4 nitrogen and oxygen atoms in total. The molecule has 1 saturated heterocycles. The van der Waals surface area contributed by atoms with Gasteiger partial charge in [0, 0.05) is 11.8 Å². The number of nitrogens with zero attached hydrogens (tertiary/aromatic N) is 1. The Kier molecular flexibility index (Phi) is 3.68. The molecule has 0 spiro atoms. The minimum absolute atomic E-state index is 0.0235. The third-order valence-corrected chi connectivity index (χ3v) is 3.86. The Hall–Kier alpha value is -0.780. The van der Waals surface area contributed by atoms with E-state index in [9.17, 15) is 10.1 Å². The maximum atomic E-state index is 10.7. The summed E-state index contributed by atoms with van der Waals surface area (Å²) in [4.78, 5) is 10.2. The van der Waals surface area contributed by atoms with Crippen molar-refractivity contribution in [3.05, 3.63) is 38.9 Å². The lowest BCUT2D eigenvalue weighted by Gasteiger charge is -2.25. The lowest BCUT2D eigenvalue weighted by molar-refractivity contribution is -0.384. The van der Waals surface area contributed by atoms with Crippen molar-refractivity contribution in [3.8, 4) is 0 Å². The first kappa shape index (κ1) is 11.7. The van der Waals surface area contributed by atoms with Gasteiger partial charge in [-0.3, -0.25) is 10.1 Å². The van der Waals surface area contributed by atoms with E-state index in [0.717, 1.165) is 24.5 Å². The Labute approximate surface area is 102 Å². The van der Waals surface area contributed by atoms with Crippen LogP contribution in [0.5, 0.6) is 0 Å². The van der Waals surface area contributed by atoms with Gasteiger partial charge in [-0.05, 0) is 11.6 Å². The number of ether oxygens (including phenoxy) is 1. The summed E-state index contributed by atoms with van der Waals surface area (Å²) in [5.74, 6) is 0.756. The molecule has 1 aromatic rings. The predicted octanol–water partition coefficient (Wildman–Crippen LogP) is 2.88. The van der Waals surface area contributed by atoms with Crippen molar-refractivity contribution in [1.29, 1.82) is 0 Å².